The predicted octanol–water partition coefficient (Wildman–Crippen LogP) is 3.94. The lowest BCUT2D eigenvalue weighted by molar-refractivity contribution is 0.444. The Morgan fingerprint density at radius 3 is 2.85 bits per heavy atom. The van der Waals surface area contributed by atoms with Gasteiger partial charge in [0.15, 0.2) is 5.11 Å². The number of benzene rings is 1. The maximum absolute atomic E-state index is 5.41. The molecule has 3 rings (SSSR count). The van der Waals surface area contributed by atoms with Gasteiger partial charge in [0.1, 0.15) is 5.82 Å². The van der Waals surface area contributed by atoms with Crippen molar-refractivity contribution >= 4 is 29.1 Å². The van der Waals surface area contributed by atoms with Crippen LogP contribution in [0, 0.1) is 12.8 Å². The summed E-state index contributed by atoms with van der Waals surface area (Å²) >= 11 is 5.41. The Kier molecular flexibility index (Phi) is 6.98. The molecule has 1 atom stereocenters. The van der Waals surface area contributed by atoms with Gasteiger partial charge in [0.2, 0.25) is 5.95 Å². The van der Waals surface area contributed by atoms with Gasteiger partial charge < -0.3 is 15.5 Å². The van der Waals surface area contributed by atoms with E-state index in [-0.39, 0.29) is 0 Å². The Labute approximate surface area is 167 Å². The molecule has 0 unspecified atom stereocenters. The van der Waals surface area contributed by atoms with Crippen LogP contribution in [-0.4, -0.2) is 34.7 Å². The zero-order chi connectivity index (χ0) is 19.1. The zero-order valence-corrected chi connectivity index (χ0v) is 17.1. The Morgan fingerprint density at radius 1 is 1.26 bits per heavy atom. The SMILES string of the molecule is Cc1cc(N2CCC[C@H](C)C2)nc(NC(=S)NCCCc2ccccc2)n1. The van der Waals surface area contributed by atoms with Crippen molar-refractivity contribution in [3.8, 4) is 0 Å². The van der Waals surface area contributed by atoms with E-state index >= 15 is 0 Å². The fourth-order valence-corrected chi connectivity index (χ4v) is 3.65. The van der Waals surface area contributed by atoms with E-state index in [4.69, 9.17) is 12.2 Å². The number of hydrogen-bond donors (Lipinski definition) is 2. The topological polar surface area (TPSA) is 53.1 Å². The molecule has 2 N–H and O–H groups in total. The second-order valence-electron chi connectivity index (χ2n) is 7.35. The molecule has 6 heteroatoms. The van der Waals surface area contributed by atoms with Gasteiger partial charge in [-0.3, -0.25) is 0 Å². The minimum atomic E-state index is 0.573. The van der Waals surface area contributed by atoms with E-state index in [1.165, 1.54) is 18.4 Å². The maximum Gasteiger partial charge on any atom is 0.231 e. The molecule has 1 aromatic heterocycles. The average Bonchev–Trinajstić information content (AvgIpc) is 2.66. The minimum Gasteiger partial charge on any atom is -0.362 e. The van der Waals surface area contributed by atoms with E-state index in [1.807, 2.05) is 13.0 Å². The normalized spacial score (nSPS) is 16.8. The first kappa shape index (κ1) is 19.5. The predicted molar refractivity (Wildman–Crippen MR) is 116 cm³/mol. The van der Waals surface area contributed by atoms with Gasteiger partial charge in [-0.25, -0.2) is 4.98 Å². The lowest BCUT2D eigenvalue weighted by Crippen LogP contribution is -2.35. The number of hydrogen-bond acceptors (Lipinski definition) is 4. The van der Waals surface area contributed by atoms with Gasteiger partial charge >= 0.3 is 0 Å². The first-order chi connectivity index (χ1) is 13.1. The number of nitrogens with zero attached hydrogens (tertiary/aromatic N) is 3. The van der Waals surface area contributed by atoms with Crippen molar-refractivity contribution in [2.75, 3.05) is 29.9 Å². The molecule has 1 aliphatic rings. The summed E-state index contributed by atoms with van der Waals surface area (Å²) in [4.78, 5) is 11.5. The molecule has 0 aliphatic carbocycles. The summed E-state index contributed by atoms with van der Waals surface area (Å²) in [5.74, 6) is 2.27. The van der Waals surface area contributed by atoms with Crippen LogP contribution in [0.4, 0.5) is 11.8 Å². The lowest BCUT2D eigenvalue weighted by atomic mass is 10.0. The third-order valence-corrected chi connectivity index (χ3v) is 5.06. The summed E-state index contributed by atoms with van der Waals surface area (Å²) in [6, 6.07) is 12.6. The fourth-order valence-electron chi connectivity index (χ4n) is 3.45. The quantitative estimate of drug-likeness (QED) is 0.582. The number of thiocarbonyl (C=S) groups is 1. The average molecular weight is 384 g/mol. The first-order valence-corrected chi connectivity index (χ1v) is 10.2. The van der Waals surface area contributed by atoms with E-state index < -0.39 is 0 Å². The molecule has 1 saturated heterocycles. The number of aryl methyl sites for hydroxylation is 2. The van der Waals surface area contributed by atoms with Gasteiger partial charge in [-0.15, -0.1) is 0 Å². The van der Waals surface area contributed by atoms with Crippen LogP contribution in [0.15, 0.2) is 36.4 Å². The number of anilines is 2. The van der Waals surface area contributed by atoms with Crippen LogP contribution in [0.25, 0.3) is 0 Å². The molecule has 5 nitrogen and oxygen atoms in total. The van der Waals surface area contributed by atoms with Gasteiger partial charge in [0.05, 0.1) is 0 Å². The molecule has 2 aromatic rings. The smallest absolute Gasteiger partial charge is 0.231 e. The highest BCUT2D eigenvalue weighted by atomic mass is 32.1. The highest BCUT2D eigenvalue weighted by Crippen LogP contribution is 2.22. The molecule has 144 valence electrons. The summed E-state index contributed by atoms with van der Waals surface area (Å²) in [7, 11) is 0. The van der Waals surface area contributed by atoms with E-state index in [0.717, 1.165) is 44.0 Å². The number of aromatic nitrogens is 2. The molecule has 0 amide bonds. The van der Waals surface area contributed by atoms with E-state index in [2.05, 4.69) is 62.8 Å². The van der Waals surface area contributed by atoms with Crippen LogP contribution in [0.2, 0.25) is 0 Å². The largest absolute Gasteiger partial charge is 0.362 e. The molecule has 27 heavy (non-hydrogen) atoms. The van der Waals surface area contributed by atoms with E-state index in [0.29, 0.717) is 17.0 Å². The van der Waals surface area contributed by atoms with Crippen molar-refractivity contribution in [1.29, 1.82) is 0 Å². The Balaban J connectivity index is 1.50. The van der Waals surface area contributed by atoms with Crippen molar-refractivity contribution in [2.24, 2.45) is 5.92 Å². The van der Waals surface area contributed by atoms with Gasteiger partial charge in [0.25, 0.3) is 0 Å². The van der Waals surface area contributed by atoms with E-state index in [1.54, 1.807) is 0 Å². The molecule has 0 saturated carbocycles. The Hall–Kier alpha value is -2.21. The summed E-state index contributed by atoms with van der Waals surface area (Å²) in [5, 5.41) is 6.97. The second kappa shape index (κ2) is 9.65. The number of piperidine rings is 1. The van der Waals surface area contributed by atoms with Crippen LogP contribution in [0.3, 0.4) is 0 Å². The number of rotatable bonds is 6. The van der Waals surface area contributed by atoms with Crippen LogP contribution < -0.4 is 15.5 Å². The fraction of sp³-hybridized carbons (Fsp3) is 0.476. The third kappa shape index (κ3) is 6.17. The van der Waals surface area contributed by atoms with Crippen molar-refractivity contribution in [3.63, 3.8) is 0 Å². The summed E-state index contributed by atoms with van der Waals surface area (Å²) in [5.41, 5.74) is 2.30. The molecule has 1 aliphatic heterocycles. The standard InChI is InChI=1S/C21H29N5S/c1-16-8-7-13-26(15-16)19-14-17(2)23-20(24-19)25-21(27)22-12-6-11-18-9-4-3-5-10-18/h3-5,9-10,14,16H,6-8,11-13,15H2,1-2H3,(H2,22,23,24,25,27)/t16-/m0/s1. The maximum atomic E-state index is 5.41. The van der Waals surface area contributed by atoms with Crippen LogP contribution in [0.5, 0.6) is 0 Å². The van der Waals surface area contributed by atoms with E-state index in [9.17, 15) is 0 Å². The molecule has 1 fully saturated rings. The summed E-state index contributed by atoms with van der Waals surface area (Å²) < 4.78 is 0. The zero-order valence-electron chi connectivity index (χ0n) is 16.2. The van der Waals surface area contributed by atoms with Crippen LogP contribution >= 0.6 is 12.2 Å². The van der Waals surface area contributed by atoms with Crippen molar-refractivity contribution in [2.45, 2.75) is 39.5 Å². The highest BCUT2D eigenvalue weighted by molar-refractivity contribution is 7.80. The van der Waals surface area contributed by atoms with Crippen molar-refractivity contribution < 1.29 is 0 Å². The van der Waals surface area contributed by atoms with Gasteiger partial charge in [-0.2, -0.15) is 4.98 Å². The molecular weight excluding hydrogens is 354 g/mol. The van der Waals surface area contributed by atoms with Gasteiger partial charge in [-0.05, 0) is 56.3 Å². The third-order valence-electron chi connectivity index (χ3n) is 4.82. The first-order valence-electron chi connectivity index (χ1n) is 9.79. The minimum absolute atomic E-state index is 0.573. The van der Waals surface area contributed by atoms with Gasteiger partial charge in [0, 0.05) is 31.4 Å². The molecule has 0 radical (unpaired) electrons. The van der Waals surface area contributed by atoms with Crippen LogP contribution in [0.1, 0.15) is 37.4 Å². The van der Waals surface area contributed by atoms with Crippen LogP contribution in [-0.2, 0) is 6.42 Å². The second-order valence-corrected chi connectivity index (χ2v) is 7.76. The number of nitrogens with one attached hydrogen (secondary N) is 2. The highest BCUT2D eigenvalue weighted by Gasteiger charge is 2.18. The monoisotopic (exact) mass is 383 g/mol. The summed E-state index contributed by atoms with van der Waals surface area (Å²) in [6.45, 7) is 7.23. The molecule has 1 aromatic carbocycles. The molecule has 2 heterocycles. The molecular formula is C21H29N5S. The van der Waals surface area contributed by atoms with Crippen molar-refractivity contribution in [3.05, 3.63) is 47.7 Å². The summed E-state index contributed by atoms with van der Waals surface area (Å²) in [6.07, 6.45) is 4.57. The lowest BCUT2D eigenvalue weighted by Gasteiger charge is -2.32. The Morgan fingerprint density at radius 2 is 2.07 bits per heavy atom. The van der Waals surface area contributed by atoms with Crippen molar-refractivity contribution in [1.82, 2.24) is 15.3 Å². The Bertz CT molecular complexity index is 749. The van der Waals surface area contributed by atoms with Gasteiger partial charge in [-0.1, -0.05) is 37.3 Å². The molecule has 0 spiro atoms. The molecule has 0 bridgehead atoms.